The van der Waals surface area contributed by atoms with Crippen LogP contribution in [0.25, 0.3) is 0 Å². The molecule has 0 N–H and O–H groups in total. The van der Waals surface area contributed by atoms with Gasteiger partial charge in [-0.2, -0.15) is 0 Å². The molecule has 8 heteroatoms. The molecule has 2 aromatic rings. The molecule has 2 radical (unpaired) electrons. The molecule has 2 rings (SSSR count). The Bertz CT molecular complexity index is 1070. The maximum absolute atomic E-state index is 12.6. The van der Waals surface area contributed by atoms with E-state index in [1.54, 1.807) is 24.3 Å². The SMILES string of the molecule is [CH2]CC(C)C[C](OOC(=O)c1ccc([Si](C=C)(C=C)CC)cc1)OOC(=O)c1ccc([Si](C=C)(C=C)CC)cc1. The minimum Gasteiger partial charge on any atom is -0.289 e. The minimum atomic E-state index is -2.02. The molecule has 6 nitrogen and oxygen atoms in total. The fourth-order valence-electron chi connectivity index (χ4n) is 4.19. The van der Waals surface area contributed by atoms with E-state index in [1.165, 1.54) is 0 Å². The molecule has 0 aliphatic rings. The topological polar surface area (TPSA) is 71.1 Å². The summed E-state index contributed by atoms with van der Waals surface area (Å²) in [5.74, 6) is -1.42. The lowest BCUT2D eigenvalue weighted by Crippen LogP contribution is -2.43. The molecule has 212 valence electrons. The number of carbonyl (C=O) groups is 2. The molecule has 0 amide bonds. The van der Waals surface area contributed by atoms with Gasteiger partial charge in [0.2, 0.25) is 0 Å². The zero-order chi connectivity index (χ0) is 29.8. The third-order valence-corrected chi connectivity index (χ3v) is 15.4. The average Bonchev–Trinajstić information content (AvgIpc) is 3.01. The van der Waals surface area contributed by atoms with Crippen LogP contribution >= 0.6 is 0 Å². The quantitative estimate of drug-likeness (QED) is 0.121. The standard InChI is InChI=1S/C32H40O6Si2/c1-9-25(8)24-30(35-37-31(33)26-16-20-28(21-17-26)39(10-2,11-3)12-4)36-38-32(34)27-18-22-29(23-19-27)40(13-5,14-6)15-7/h10-11,13-14,16-23,25H,1-3,5-6,9,12,15,24H2,4,7-8H3. The van der Waals surface area contributed by atoms with Gasteiger partial charge in [-0.15, -0.1) is 36.1 Å². The summed E-state index contributed by atoms with van der Waals surface area (Å²) in [5, 5.41) is 2.18. The highest BCUT2D eigenvalue weighted by Crippen LogP contribution is 2.22. The molecule has 2 aromatic carbocycles. The molecule has 1 atom stereocenters. The highest BCUT2D eigenvalue weighted by atomic mass is 28.3. The van der Waals surface area contributed by atoms with Gasteiger partial charge in [-0.1, -0.05) is 91.6 Å². The first-order valence-electron chi connectivity index (χ1n) is 13.4. The van der Waals surface area contributed by atoms with Crippen LogP contribution in [0.5, 0.6) is 0 Å². The summed E-state index contributed by atoms with van der Waals surface area (Å²) in [6.07, 6.45) is 0.596. The number of hydrogen-bond acceptors (Lipinski definition) is 6. The second-order valence-corrected chi connectivity index (χ2v) is 18.0. The van der Waals surface area contributed by atoms with Gasteiger partial charge in [-0.25, -0.2) is 9.59 Å². The Morgan fingerprint density at radius 3 is 1.32 bits per heavy atom. The van der Waals surface area contributed by atoms with Crippen molar-refractivity contribution in [3.05, 3.63) is 122 Å². The summed E-state index contributed by atoms with van der Waals surface area (Å²) in [6.45, 7) is 25.9. The Morgan fingerprint density at radius 2 is 1.05 bits per heavy atom. The van der Waals surface area contributed by atoms with Crippen LogP contribution < -0.4 is 10.4 Å². The van der Waals surface area contributed by atoms with Crippen molar-refractivity contribution >= 4 is 38.5 Å². The Morgan fingerprint density at radius 1 is 0.700 bits per heavy atom. The summed E-state index contributed by atoms with van der Waals surface area (Å²) in [5.41, 5.74) is 8.47. The van der Waals surface area contributed by atoms with Crippen molar-refractivity contribution in [3.8, 4) is 0 Å². The second kappa shape index (κ2) is 15.5. The number of hydrogen-bond donors (Lipinski definition) is 0. The van der Waals surface area contributed by atoms with E-state index in [4.69, 9.17) is 19.6 Å². The largest absolute Gasteiger partial charge is 0.373 e. The van der Waals surface area contributed by atoms with Gasteiger partial charge in [-0.3, -0.25) is 9.78 Å². The Kier molecular flexibility index (Phi) is 12.7. The Labute approximate surface area is 240 Å². The van der Waals surface area contributed by atoms with E-state index >= 15 is 0 Å². The van der Waals surface area contributed by atoms with Gasteiger partial charge in [0.15, 0.2) is 0 Å². The molecule has 0 saturated heterocycles. The van der Waals surface area contributed by atoms with Crippen LogP contribution in [-0.4, -0.2) is 28.1 Å². The van der Waals surface area contributed by atoms with Crippen molar-refractivity contribution in [1.82, 2.24) is 0 Å². The molecule has 0 aromatic heterocycles. The van der Waals surface area contributed by atoms with Gasteiger partial charge < -0.3 is 0 Å². The minimum absolute atomic E-state index is 0.0147. The second-order valence-electron chi connectivity index (χ2n) is 9.64. The molecule has 0 saturated carbocycles. The molecular weight excluding hydrogens is 537 g/mol. The van der Waals surface area contributed by atoms with Crippen LogP contribution in [0.2, 0.25) is 12.1 Å². The van der Waals surface area contributed by atoms with Gasteiger partial charge in [0.1, 0.15) is 16.1 Å². The molecule has 0 heterocycles. The zero-order valence-electron chi connectivity index (χ0n) is 23.8. The summed E-state index contributed by atoms with van der Waals surface area (Å²) in [7, 11) is -4.04. The van der Waals surface area contributed by atoms with E-state index in [-0.39, 0.29) is 18.6 Å². The lowest BCUT2D eigenvalue weighted by molar-refractivity contribution is -0.365. The predicted octanol–water partition coefficient (Wildman–Crippen LogP) is 6.56. The number of carbonyl (C=O) groups excluding carboxylic acids is 2. The molecule has 0 bridgehead atoms. The Hall–Kier alpha value is -3.31. The lowest BCUT2D eigenvalue weighted by Gasteiger charge is -2.23. The maximum Gasteiger partial charge on any atom is 0.373 e. The molecular formula is C32H40O6Si2. The van der Waals surface area contributed by atoms with Gasteiger partial charge >= 0.3 is 18.2 Å². The number of benzene rings is 2. The monoisotopic (exact) mass is 576 g/mol. The molecule has 1 unspecified atom stereocenters. The Balaban J connectivity index is 2.06. The number of rotatable bonds is 17. The van der Waals surface area contributed by atoms with Crippen LogP contribution in [0, 0.1) is 19.1 Å². The fraction of sp³-hybridized carbons (Fsp3) is 0.250. The lowest BCUT2D eigenvalue weighted by atomic mass is 10.1. The van der Waals surface area contributed by atoms with Crippen molar-refractivity contribution < 1.29 is 29.1 Å². The first kappa shape index (κ1) is 32.9. The van der Waals surface area contributed by atoms with Crippen LogP contribution in [0.15, 0.2) is 97.6 Å². The fourth-order valence-corrected chi connectivity index (χ4v) is 9.01. The summed E-state index contributed by atoms with van der Waals surface area (Å²) < 4.78 is 0. The third kappa shape index (κ3) is 7.88. The van der Waals surface area contributed by atoms with Crippen molar-refractivity contribution in [2.24, 2.45) is 5.92 Å². The van der Waals surface area contributed by atoms with Crippen molar-refractivity contribution in [3.63, 3.8) is 0 Å². The highest BCUT2D eigenvalue weighted by molar-refractivity contribution is 7.00. The molecule has 0 aliphatic heterocycles. The average molecular weight is 577 g/mol. The van der Waals surface area contributed by atoms with Crippen LogP contribution in [0.4, 0.5) is 0 Å². The first-order valence-corrected chi connectivity index (χ1v) is 18.1. The molecule has 0 fully saturated rings. The zero-order valence-corrected chi connectivity index (χ0v) is 25.8. The van der Waals surface area contributed by atoms with Gasteiger partial charge in [-0.05, 0) is 42.3 Å². The summed E-state index contributed by atoms with van der Waals surface area (Å²) in [6, 6.07) is 16.0. The van der Waals surface area contributed by atoms with E-state index in [1.807, 2.05) is 54.0 Å². The van der Waals surface area contributed by atoms with E-state index < -0.39 is 28.1 Å². The van der Waals surface area contributed by atoms with Gasteiger partial charge in [0, 0.05) is 6.42 Å². The maximum atomic E-state index is 12.6. The van der Waals surface area contributed by atoms with E-state index in [0.29, 0.717) is 17.5 Å². The van der Waals surface area contributed by atoms with E-state index in [0.717, 1.165) is 22.5 Å². The van der Waals surface area contributed by atoms with E-state index in [2.05, 4.69) is 47.1 Å². The molecule has 0 aliphatic carbocycles. The van der Waals surface area contributed by atoms with Crippen molar-refractivity contribution in [1.29, 1.82) is 0 Å². The van der Waals surface area contributed by atoms with Crippen molar-refractivity contribution in [2.45, 2.75) is 45.7 Å². The van der Waals surface area contributed by atoms with Crippen LogP contribution in [0.3, 0.4) is 0 Å². The van der Waals surface area contributed by atoms with Crippen LogP contribution in [-0.2, 0) is 19.6 Å². The summed E-state index contributed by atoms with van der Waals surface area (Å²) >= 11 is 0. The third-order valence-electron chi connectivity index (χ3n) is 7.37. The normalized spacial score (nSPS) is 12.3. The summed E-state index contributed by atoms with van der Waals surface area (Å²) in [4.78, 5) is 45.7. The van der Waals surface area contributed by atoms with Crippen LogP contribution in [0.1, 0.15) is 54.3 Å². The van der Waals surface area contributed by atoms with Crippen molar-refractivity contribution in [2.75, 3.05) is 0 Å². The van der Waals surface area contributed by atoms with Gasteiger partial charge in [0.05, 0.1) is 11.1 Å². The first-order chi connectivity index (χ1) is 19.2. The highest BCUT2D eigenvalue weighted by Gasteiger charge is 2.28. The predicted molar refractivity (Wildman–Crippen MR) is 165 cm³/mol. The smallest absolute Gasteiger partial charge is 0.289 e. The van der Waals surface area contributed by atoms with Gasteiger partial charge in [0.25, 0.3) is 0 Å². The molecule has 0 spiro atoms. The van der Waals surface area contributed by atoms with E-state index in [9.17, 15) is 9.59 Å². The molecule has 40 heavy (non-hydrogen) atoms.